The number of para-hydroxylation sites is 1. The molecule has 4 nitrogen and oxygen atoms in total. The quantitative estimate of drug-likeness (QED) is 0.567. The maximum absolute atomic E-state index is 12.8. The van der Waals surface area contributed by atoms with Gasteiger partial charge in [0.05, 0.1) is 29.2 Å². The van der Waals surface area contributed by atoms with Gasteiger partial charge in [0, 0.05) is 12.4 Å². The SMILES string of the molecule is Cn1ncc2c1c1ccccc1n2C(=O)Cc1ccccc1. The number of hydrogen-bond acceptors (Lipinski definition) is 2. The largest absolute Gasteiger partial charge is 0.276 e. The number of carbonyl (C=O) groups excluding carboxylic acids is 1. The molecule has 0 N–H and O–H groups in total. The minimum atomic E-state index is 0.0606. The molecule has 0 bridgehead atoms. The van der Waals surface area contributed by atoms with E-state index in [0.29, 0.717) is 6.42 Å². The predicted octanol–water partition coefficient (Wildman–Crippen LogP) is 3.41. The fraction of sp³-hybridized carbons (Fsp3) is 0.111. The van der Waals surface area contributed by atoms with Gasteiger partial charge in [-0.25, -0.2) is 0 Å². The number of aryl methyl sites for hydroxylation is 1. The summed E-state index contributed by atoms with van der Waals surface area (Å²) in [5.74, 6) is 0.0606. The Morgan fingerprint density at radius 1 is 1.00 bits per heavy atom. The average molecular weight is 289 g/mol. The molecular weight excluding hydrogens is 274 g/mol. The van der Waals surface area contributed by atoms with E-state index in [2.05, 4.69) is 5.10 Å². The van der Waals surface area contributed by atoms with E-state index in [-0.39, 0.29) is 5.91 Å². The van der Waals surface area contributed by atoms with E-state index in [1.807, 2.05) is 66.3 Å². The zero-order valence-electron chi connectivity index (χ0n) is 12.2. The third kappa shape index (κ3) is 1.84. The lowest BCUT2D eigenvalue weighted by Gasteiger charge is -2.05. The van der Waals surface area contributed by atoms with E-state index in [1.54, 1.807) is 10.8 Å². The summed E-state index contributed by atoms with van der Waals surface area (Å²) < 4.78 is 3.61. The molecule has 0 aliphatic rings. The lowest BCUT2D eigenvalue weighted by Crippen LogP contribution is -2.12. The third-order valence-corrected chi connectivity index (χ3v) is 4.01. The Hall–Kier alpha value is -2.88. The highest BCUT2D eigenvalue weighted by Gasteiger charge is 2.18. The second-order valence-corrected chi connectivity index (χ2v) is 5.41. The van der Waals surface area contributed by atoms with Crippen molar-refractivity contribution in [2.45, 2.75) is 6.42 Å². The first-order valence-corrected chi connectivity index (χ1v) is 7.24. The van der Waals surface area contributed by atoms with Crippen molar-refractivity contribution < 1.29 is 4.79 Å². The van der Waals surface area contributed by atoms with Gasteiger partial charge in [-0.15, -0.1) is 0 Å². The van der Waals surface area contributed by atoms with Crippen LogP contribution >= 0.6 is 0 Å². The summed E-state index contributed by atoms with van der Waals surface area (Å²) in [4.78, 5) is 12.8. The monoisotopic (exact) mass is 289 g/mol. The Balaban J connectivity index is 1.91. The van der Waals surface area contributed by atoms with Crippen LogP contribution in [0.1, 0.15) is 10.4 Å². The highest BCUT2D eigenvalue weighted by molar-refractivity contribution is 6.12. The summed E-state index contributed by atoms with van der Waals surface area (Å²) in [5.41, 5.74) is 3.82. The molecule has 22 heavy (non-hydrogen) atoms. The number of fused-ring (bicyclic) bond motifs is 3. The molecule has 4 heteroatoms. The molecular formula is C18H15N3O. The zero-order chi connectivity index (χ0) is 15.1. The van der Waals surface area contributed by atoms with Crippen molar-refractivity contribution in [1.29, 1.82) is 0 Å². The standard InChI is InChI=1S/C18H15N3O/c1-20-18-14-9-5-6-10-15(14)21(16(18)12-19-20)17(22)11-13-7-3-2-4-8-13/h2-10,12H,11H2,1H3. The molecule has 0 amide bonds. The smallest absolute Gasteiger partial charge is 0.236 e. The molecule has 2 aromatic heterocycles. The Morgan fingerprint density at radius 3 is 2.55 bits per heavy atom. The van der Waals surface area contributed by atoms with Gasteiger partial charge in [-0.2, -0.15) is 5.10 Å². The third-order valence-electron chi connectivity index (χ3n) is 4.01. The fourth-order valence-electron chi connectivity index (χ4n) is 3.02. The van der Waals surface area contributed by atoms with Gasteiger partial charge in [0.1, 0.15) is 0 Å². The molecule has 0 radical (unpaired) electrons. The average Bonchev–Trinajstić information content (AvgIpc) is 3.06. The second kappa shape index (κ2) is 4.84. The van der Waals surface area contributed by atoms with E-state index in [1.165, 1.54) is 0 Å². The maximum atomic E-state index is 12.8. The Labute approximate surface area is 127 Å². The molecule has 2 aromatic carbocycles. The first-order valence-electron chi connectivity index (χ1n) is 7.24. The number of carbonyl (C=O) groups is 1. The lowest BCUT2D eigenvalue weighted by atomic mass is 10.1. The van der Waals surface area contributed by atoms with Gasteiger partial charge in [-0.1, -0.05) is 48.5 Å². The van der Waals surface area contributed by atoms with Crippen LogP contribution in [-0.4, -0.2) is 20.3 Å². The highest BCUT2D eigenvalue weighted by atomic mass is 16.2. The summed E-state index contributed by atoms with van der Waals surface area (Å²) in [6, 6.07) is 17.8. The zero-order valence-corrected chi connectivity index (χ0v) is 12.2. The first kappa shape index (κ1) is 12.8. The molecule has 0 aliphatic heterocycles. The van der Waals surface area contributed by atoms with E-state index in [9.17, 15) is 4.79 Å². The van der Waals surface area contributed by atoms with Crippen molar-refractivity contribution in [2.24, 2.45) is 7.05 Å². The molecule has 0 saturated carbocycles. The van der Waals surface area contributed by atoms with Crippen LogP contribution < -0.4 is 0 Å². The molecule has 0 aliphatic carbocycles. The molecule has 0 fully saturated rings. The Kier molecular flexibility index (Phi) is 2.82. The number of rotatable bonds is 2. The van der Waals surface area contributed by atoms with Crippen molar-refractivity contribution in [2.75, 3.05) is 0 Å². The lowest BCUT2D eigenvalue weighted by molar-refractivity contribution is 0.0924. The van der Waals surface area contributed by atoms with Gasteiger partial charge in [-0.3, -0.25) is 14.0 Å². The summed E-state index contributed by atoms with van der Waals surface area (Å²) in [5, 5.41) is 5.35. The fourth-order valence-corrected chi connectivity index (χ4v) is 3.02. The Morgan fingerprint density at radius 2 is 1.73 bits per heavy atom. The van der Waals surface area contributed by atoms with Crippen molar-refractivity contribution in [3.05, 3.63) is 66.4 Å². The van der Waals surface area contributed by atoms with Crippen LogP contribution in [0.3, 0.4) is 0 Å². The van der Waals surface area contributed by atoms with Crippen molar-refractivity contribution >= 4 is 27.8 Å². The number of benzene rings is 2. The van der Waals surface area contributed by atoms with Gasteiger partial charge in [0.2, 0.25) is 5.91 Å². The van der Waals surface area contributed by atoms with E-state index in [4.69, 9.17) is 0 Å². The molecule has 0 saturated heterocycles. The second-order valence-electron chi connectivity index (χ2n) is 5.41. The number of hydrogen-bond donors (Lipinski definition) is 0. The number of aromatic nitrogens is 3. The van der Waals surface area contributed by atoms with Gasteiger partial charge < -0.3 is 0 Å². The van der Waals surface area contributed by atoms with Crippen molar-refractivity contribution in [1.82, 2.24) is 14.3 Å². The van der Waals surface area contributed by atoms with Crippen LogP contribution in [-0.2, 0) is 13.5 Å². The summed E-state index contributed by atoms with van der Waals surface area (Å²) in [6.45, 7) is 0. The minimum Gasteiger partial charge on any atom is -0.276 e. The van der Waals surface area contributed by atoms with Gasteiger partial charge in [0.15, 0.2) is 0 Å². The topological polar surface area (TPSA) is 39.8 Å². The Bertz CT molecular complexity index is 980. The summed E-state index contributed by atoms with van der Waals surface area (Å²) in [6.07, 6.45) is 2.14. The molecule has 108 valence electrons. The molecule has 4 aromatic rings. The molecule has 0 atom stereocenters. The van der Waals surface area contributed by atoms with Crippen LogP contribution in [0.5, 0.6) is 0 Å². The predicted molar refractivity (Wildman–Crippen MR) is 87.0 cm³/mol. The summed E-state index contributed by atoms with van der Waals surface area (Å²) in [7, 11) is 1.90. The normalized spacial score (nSPS) is 11.3. The van der Waals surface area contributed by atoms with Crippen LogP contribution in [0.2, 0.25) is 0 Å². The van der Waals surface area contributed by atoms with Gasteiger partial charge in [0.25, 0.3) is 0 Å². The van der Waals surface area contributed by atoms with Crippen molar-refractivity contribution in [3.8, 4) is 0 Å². The van der Waals surface area contributed by atoms with Crippen LogP contribution in [0.25, 0.3) is 21.9 Å². The minimum absolute atomic E-state index is 0.0606. The maximum Gasteiger partial charge on any atom is 0.236 e. The van der Waals surface area contributed by atoms with E-state index in [0.717, 1.165) is 27.5 Å². The van der Waals surface area contributed by atoms with E-state index >= 15 is 0 Å². The first-order chi connectivity index (χ1) is 10.8. The van der Waals surface area contributed by atoms with E-state index < -0.39 is 0 Å². The number of nitrogens with zero attached hydrogens (tertiary/aromatic N) is 3. The van der Waals surface area contributed by atoms with Gasteiger partial charge >= 0.3 is 0 Å². The van der Waals surface area contributed by atoms with Crippen LogP contribution in [0, 0.1) is 0 Å². The van der Waals surface area contributed by atoms with Crippen LogP contribution in [0.4, 0.5) is 0 Å². The molecule has 4 rings (SSSR count). The van der Waals surface area contributed by atoms with Crippen molar-refractivity contribution in [3.63, 3.8) is 0 Å². The van der Waals surface area contributed by atoms with Gasteiger partial charge in [-0.05, 0) is 11.6 Å². The van der Waals surface area contributed by atoms with Crippen LogP contribution in [0.15, 0.2) is 60.8 Å². The molecule has 2 heterocycles. The summed E-state index contributed by atoms with van der Waals surface area (Å²) >= 11 is 0. The molecule has 0 spiro atoms. The molecule has 0 unspecified atom stereocenters. The highest BCUT2D eigenvalue weighted by Crippen LogP contribution is 2.28.